The number of benzene rings is 2. The average molecular weight is 382 g/mol. The lowest BCUT2D eigenvalue weighted by Gasteiger charge is -2.05. The summed E-state index contributed by atoms with van der Waals surface area (Å²) in [6.07, 6.45) is 1.55. The Morgan fingerprint density at radius 1 is 1.07 bits per heavy atom. The number of para-hydroxylation sites is 1. The van der Waals surface area contributed by atoms with E-state index in [1.54, 1.807) is 48.5 Å². The molecule has 1 heterocycles. The highest BCUT2D eigenvalue weighted by atomic mass is 32.2. The van der Waals surface area contributed by atoms with Crippen LogP contribution < -0.4 is 20.7 Å². The molecule has 2 amide bonds. The number of amides is 2. The minimum atomic E-state index is -3.80. The summed E-state index contributed by atoms with van der Waals surface area (Å²) in [4.78, 5) is 27.6. The monoisotopic (exact) mass is 382 g/mol. The molecular weight excluding hydrogens is 368 g/mol. The fourth-order valence-electron chi connectivity index (χ4n) is 2.21. The van der Waals surface area contributed by atoms with Crippen molar-refractivity contribution in [3.8, 4) is 0 Å². The van der Waals surface area contributed by atoms with Gasteiger partial charge in [0, 0.05) is 11.1 Å². The van der Waals surface area contributed by atoms with E-state index in [4.69, 9.17) is 0 Å². The number of sulfonamides is 1. The molecule has 0 saturated heterocycles. The first kappa shape index (κ1) is 18.4. The highest BCUT2D eigenvalue weighted by Gasteiger charge is 2.14. The second-order valence-corrected chi connectivity index (χ2v) is 7.20. The van der Waals surface area contributed by atoms with Gasteiger partial charge in [0.1, 0.15) is 5.57 Å². The maximum Gasteiger partial charge on any atom is 0.287 e. The van der Waals surface area contributed by atoms with Crippen LogP contribution in [0.15, 0.2) is 75.2 Å². The van der Waals surface area contributed by atoms with E-state index in [0.717, 1.165) is 5.22 Å². The van der Waals surface area contributed by atoms with Crippen molar-refractivity contribution in [2.75, 3.05) is 6.54 Å². The molecule has 0 fully saturated rings. The van der Waals surface area contributed by atoms with E-state index >= 15 is 0 Å². The molecule has 0 aromatic heterocycles. The molecule has 1 aliphatic heterocycles. The summed E-state index contributed by atoms with van der Waals surface area (Å²) in [5.74, 6) is 1.17. The topological polar surface area (TPSA) is 117 Å². The zero-order valence-corrected chi connectivity index (χ0v) is 14.7. The van der Waals surface area contributed by atoms with Crippen molar-refractivity contribution in [1.82, 2.24) is 10.1 Å². The van der Waals surface area contributed by atoms with Gasteiger partial charge >= 0.3 is 0 Å². The molecule has 0 atom stereocenters. The lowest BCUT2D eigenvalue weighted by atomic mass is 10.1. The van der Waals surface area contributed by atoms with E-state index in [2.05, 4.69) is 26.1 Å². The summed E-state index contributed by atoms with van der Waals surface area (Å²) in [6.45, 7) is -0.511. The predicted octanol–water partition coefficient (Wildman–Crippen LogP) is -0.767. The van der Waals surface area contributed by atoms with Crippen LogP contribution in [0, 0.1) is 0 Å². The molecule has 0 spiro atoms. The second kappa shape index (κ2) is 7.88. The van der Waals surface area contributed by atoms with Gasteiger partial charge in [-0.15, -0.1) is 5.10 Å². The number of fused-ring (bicyclic) bond motifs is 1. The molecule has 136 valence electrons. The van der Waals surface area contributed by atoms with Gasteiger partial charge < -0.3 is 0 Å². The maximum absolute atomic E-state index is 12.0. The van der Waals surface area contributed by atoms with Gasteiger partial charge in [-0.05, 0) is 24.3 Å². The lowest BCUT2D eigenvalue weighted by molar-refractivity contribution is -0.120. The van der Waals surface area contributed by atoms with Crippen molar-refractivity contribution in [3.63, 3.8) is 0 Å². The van der Waals surface area contributed by atoms with Gasteiger partial charge in [-0.1, -0.05) is 36.4 Å². The standard InChI is InChI=1S/C18H14N4O4S/c23-17(12-20-27(25,26)15-7-2-1-3-8-15)22-19-11-14-10-13-6-4-5-9-16(13)21-18(14)24/h1-10,20H,12H2,(H,22,23). The molecule has 0 bridgehead atoms. The van der Waals surface area contributed by atoms with Crippen LogP contribution in [0.4, 0.5) is 0 Å². The predicted molar refractivity (Wildman–Crippen MR) is 97.4 cm³/mol. The number of hydrazone groups is 1. The largest absolute Gasteiger partial charge is 0.287 e. The number of hydrogen-bond donors (Lipinski definition) is 2. The molecule has 2 N–H and O–H groups in total. The molecule has 0 aliphatic carbocycles. The summed E-state index contributed by atoms with van der Waals surface area (Å²) in [6, 6.07) is 14.7. The SMILES string of the molecule is O=C(CNS(=O)(=O)c1ccccc1)NN=C=C1C=c2ccccc2=NC1=O. The molecule has 0 radical (unpaired) electrons. The van der Waals surface area contributed by atoms with E-state index in [0.29, 0.717) is 5.36 Å². The quantitative estimate of drug-likeness (QED) is 0.401. The third kappa shape index (κ3) is 4.62. The van der Waals surface area contributed by atoms with Crippen LogP contribution in [-0.4, -0.2) is 32.6 Å². The van der Waals surface area contributed by atoms with Crippen molar-refractivity contribution in [2.45, 2.75) is 4.90 Å². The highest BCUT2D eigenvalue weighted by Crippen LogP contribution is 2.06. The smallest absolute Gasteiger partial charge is 0.272 e. The van der Waals surface area contributed by atoms with Crippen LogP contribution in [0.5, 0.6) is 0 Å². The van der Waals surface area contributed by atoms with E-state index in [-0.39, 0.29) is 10.5 Å². The Morgan fingerprint density at radius 3 is 2.56 bits per heavy atom. The minimum Gasteiger partial charge on any atom is -0.272 e. The Labute approximate surface area is 154 Å². The molecule has 2 aromatic carbocycles. The maximum atomic E-state index is 12.0. The Morgan fingerprint density at radius 2 is 1.78 bits per heavy atom. The zero-order chi connectivity index (χ0) is 19.3. The molecule has 2 aromatic rings. The number of nitrogens with zero attached hydrogens (tertiary/aromatic N) is 2. The second-order valence-electron chi connectivity index (χ2n) is 5.43. The van der Waals surface area contributed by atoms with Gasteiger partial charge in [0.15, 0.2) is 0 Å². The summed E-state index contributed by atoms with van der Waals surface area (Å²) >= 11 is 0. The average Bonchev–Trinajstić information content (AvgIpc) is 2.67. The van der Waals surface area contributed by atoms with Gasteiger partial charge in [-0.2, -0.15) is 0 Å². The molecule has 9 heteroatoms. The van der Waals surface area contributed by atoms with Crippen molar-refractivity contribution >= 4 is 33.8 Å². The Kier molecular flexibility index (Phi) is 5.37. The van der Waals surface area contributed by atoms with Crippen LogP contribution in [0.2, 0.25) is 0 Å². The molecule has 0 saturated carbocycles. The normalized spacial score (nSPS) is 12.9. The summed E-state index contributed by atoms with van der Waals surface area (Å²) in [5.41, 5.74) is 2.19. The molecule has 8 nitrogen and oxygen atoms in total. The first-order valence-electron chi connectivity index (χ1n) is 7.82. The van der Waals surface area contributed by atoms with Crippen molar-refractivity contribution < 1.29 is 18.0 Å². The van der Waals surface area contributed by atoms with E-state index in [1.165, 1.54) is 12.1 Å². The van der Waals surface area contributed by atoms with Crippen molar-refractivity contribution in [1.29, 1.82) is 0 Å². The molecule has 3 rings (SSSR count). The minimum absolute atomic E-state index is 0.0473. The first-order chi connectivity index (χ1) is 13.0. The van der Waals surface area contributed by atoms with Crippen LogP contribution in [-0.2, 0) is 19.6 Å². The van der Waals surface area contributed by atoms with Gasteiger partial charge in [0.05, 0.1) is 16.8 Å². The molecular formula is C18H14N4O4S. The fourth-order valence-corrected chi connectivity index (χ4v) is 3.22. The van der Waals surface area contributed by atoms with Crippen LogP contribution in [0.3, 0.4) is 0 Å². The van der Waals surface area contributed by atoms with Gasteiger partial charge in [-0.25, -0.2) is 23.6 Å². The Balaban J connectivity index is 1.65. The highest BCUT2D eigenvalue weighted by molar-refractivity contribution is 7.89. The molecule has 1 aliphatic rings. The zero-order valence-electron chi connectivity index (χ0n) is 13.9. The lowest BCUT2D eigenvalue weighted by Crippen LogP contribution is -2.34. The third-order valence-corrected chi connectivity index (χ3v) is 4.94. The third-order valence-electron chi connectivity index (χ3n) is 3.52. The number of hydrogen-bond acceptors (Lipinski definition) is 5. The Hall–Kier alpha value is -3.39. The number of carbonyl (C=O) groups is 2. The van der Waals surface area contributed by atoms with Crippen LogP contribution >= 0.6 is 0 Å². The fraction of sp³-hybridized carbons (Fsp3) is 0.0556. The van der Waals surface area contributed by atoms with Crippen LogP contribution in [0.25, 0.3) is 6.08 Å². The van der Waals surface area contributed by atoms with E-state index < -0.39 is 28.4 Å². The molecule has 27 heavy (non-hydrogen) atoms. The number of rotatable bonds is 5. The summed E-state index contributed by atoms with van der Waals surface area (Å²) in [5, 5.41) is 4.84. The molecule has 0 unspecified atom stereocenters. The van der Waals surface area contributed by atoms with Crippen LogP contribution in [0.1, 0.15) is 0 Å². The van der Waals surface area contributed by atoms with Crippen molar-refractivity contribution in [3.05, 3.63) is 70.7 Å². The number of carbonyl (C=O) groups excluding carboxylic acids is 2. The van der Waals surface area contributed by atoms with Gasteiger partial charge in [0.25, 0.3) is 11.8 Å². The Bertz CT molecular complexity index is 1180. The summed E-state index contributed by atoms with van der Waals surface area (Å²) in [7, 11) is -3.80. The van der Waals surface area contributed by atoms with Gasteiger partial charge in [-0.3, -0.25) is 9.59 Å². The first-order valence-corrected chi connectivity index (χ1v) is 9.30. The van der Waals surface area contributed by atoms with E-state index in [9.17, 15) is 18.0 Å². The van der Waals surface area contributed by atoms with Crippen molar-refractivity contribution in [2.24, 2.45) is 10.1 Å². The van der Waals surface area contributed by atoms with E-state index in [1.807, 2.05) is 0 Å². The van der Waals surface area contributed by atoms with Gasteiger partial charge in [0.2, 0.25) is 10.0 Å². The number of nitrogens with one attached hydrogen (secondary N) is 2. The summed E-state index contributed by atoms with van der Waals surface area (Å²) < 4.78 is 26.2.